The summed E-state index contributed by atoms with van der Waals surface area (Å²) >= 11 is 0. The lowest BCUT2D eigenvalue weighted by atomic mass is 10.2. The van der Waals surface area contributed by atoms with Crippen LogP contribution in [-0.2, 0) is 0 Å². The van der Waals surface area contributed by atoms with E-state index in [9.17, 15) is 0 Å². The fourth-order valence-corrected chi connectivity index (χ4v) is 1.31. The normalized spacial score (nSPS) is 12.4. The van der Waals surface area contributed by atoms with Crippen molar-refractivity contribution in [1.29, 1.82) is 15.8 Å². The third kappa shape index (κ3) is 1.45. The SMILES string of the molecule is CS(C)(C)C(C#N)(C#N)C#N. The highest BCUT2D eigenvalue weighted by molar-refractivity contribution is 8.33. The van der Waals surface area contributed by atoms with Crippen molar-refractivity contribution < 1.29 is 0 Å². The Hall–Kier alpha value is -1.18. The van der Waals surface area contributed by atoms with E-state index in [0.29, 0.717) is 0 Å². The zero-order valence-corrected chi connectivity index (χ0v) is 7.57. The minimum absolute atomic E-state index is 1.44. The predicted octanol–water partition coefficient (Wildman–Crippen LogP) is 0.990. The Morgan fingerprint density at radius 2 is 1.18 bits per heavy atom. The van der Waals surface area contributed by atoms with Gasteiger partial charge in [0.05, 0.1) is 0 Å². The quantitative estimate of drug-likeness (QED) is 0.584. The monoisotopic (exact) mass is 167 g/mol. The van der Waals surface area contributed by atoms with E-state index >= 15 is 0 Å². The zero-order chi connectivity index (χ0) is 9.12. The van der Waals surface area contributed by atoms with Crippen LogP contribution in [0.1, 0.15) is 0 Å². The third-order valence-corrected chi connectivity index (χ3v) is 3.50. The summed E-state index contributed by atoms with van der Waals surface area (Å²) in [5.41, 5.74) is 0. The fraction of sp³-hybridized carbons (Fsp3) is 0.571. The van der Waals surface area contributed by atoms with E-state index in [1.807, 2.05) is 0 Å². The first-order valence-corrected chi connectivity index (χ1v) is 5.71. The van der Waals surface area contributed by atoms with E-state index in [2.05, 4.69) is 0 Å². The molecule has 0 aromatic rings. The molecule has 0 heterocycles. The molecule has 0 atom stereocenters. The molecule has 0 saturated heterocycles. The van der Waals surface area contributed by atoms with Gasteiger partial charge in [0, 0.05) is 0 Å². The van der Waals surface area contributed by atoms with Crippen molar-refractivity contribution in [3.63, 3.8) is 0 Å². The average Bonchev–Trinajstić information content (AvgIpc) is 1.90. The molecule has 0 aromatic heterocycles. The number of nitrogens with zero attached hydrogens (tertiary/aromatic N) is 3. The van der Waals surface area contributed by atoms with Gasteiger partial charge in [-0.15, -0.1) is 0 Å². The Kier molecular flexibility index (Phi) is 2.52. The van der Waals surface area contributed by atoms with Crippen molar-refractivity contribution in [2.24, 2.45) is 0 Å². The Morgan fingerprint density at radius 3 is 1.18 bits per heavy atom. The largest absolute Gasteiger partial charge is 0.258 e. The van der Waals surface area contributed by atoms with Gasteiger partial charge in [-0.1, -0.05) is 0 Å². The molecule has 11 heavy (non-hydrogen) atoms. The van der Waals surface area contributed by atoms with Gasteiger partial charge in [0.2, 0.25) is 0 Å². The molecule has 0 saturated carbocycles. The van der Waals surface area contributed by atoms with Crippen molar-refractivity contribution in [1.82, 2.24) is 0 Å². The molecule has 4 heteroatoms. The van der Waals surface area contributed by atoms with E-state index < -0.39 is 14.8 Å². The summed E-state index contributed by atoms with van der Waals surface area (Å²) in [7, 11) is -1.46. The summed E-state index contributed by atoms with van der Waals surface area (Å²) in [6.07, 6.45) is 5.34. The lowest BCUT2D eigenvalue weighted by Gasteiger charge is -2.32. The van der Waals surface area contributed by atoms with E-state index in [1.165, 1.54) is 0 Å². The van der Waals surface area contributed by atoms with E-state index in [4.69, 9.17) is 15.8 Å². The standard InChI is InChI=1S/C7H9N3S/c1-11(2,3)7(4-8,5-9)6-10/h1-3H3. The van der Waals surface area contributed by atoms with Crippen molar-refractivity contribution in [3.8, 4) is 18.2 Å². The second-order valence-corrected chi connectivity index (χ2v) is 7.14. The molecule has 3 nitrogen and oxygen atoms in total. The molecule has 0 N–H and O–H groups in total. The number of hydrogen-bond acceptors (Lipinski definition) is 3. The Balaban J connectivity index is 5.16. The molecule has 0 aromatic carbocycles. The van der Waals surface area contributed by atoms with Crippen molar-refractivity contribution in [3.05, 3.63) is 0 Å². The molecule has 0 aliphatic carbocycles. The van der Waals surface area contributed by atoms with Crippen LogP contribution in [0.4, 0.5) is 0 Å². The zero-order valence-electron chi connectivity index (χ0n) is 6.75. The Morgan fingerprint density at radius 1 is 0.909 bits per heavy atom. The lowest BCUT2D eigenvalue weighted by molar-refractivity contribution is 1.14. The van der Waals surface area contributed by atoms with Crippen LogP contribution in [0, 0.1) is 34.0 Å². The smallest absolute Gasteiger partial charge is 0.206 e. The summed E-state index contributed by atoms with van der Waals surface area (Å²) in [4.78, 5) is 0. The molecule has 0 radical (unpaired) electrons. The summed E-state index contributed by atoms with van der Waals surface area (Å²) in [5.74, 6) is 0. The first-order chi connectivity index (χ1) is 4.93. The van der Waals surface area contributed by atoms with Gasteiger partial charge in [-0.05, 0) is 18.8 Å². The molecule has 0 aliphatic rings. The molecule has 0 amide bonds. The van der Waals surface area contributed by atoms with Crippen molar-refractivity contribution >= 4 is 10.0 Å². The third-order valence-electron chi connectivity index (χ3n) is 1.39. The molecule has 0 aliphatic heterocycles. The maximum atomic E-state index is 8.64. The van der Waals surface area contributed by atoms with Crippen LogP contribution in [0.3, 0.4) is 0 Å². The summed E-state index contributed by atoms with van der Waals surface area (Å²) < 4.78 is -1.44. The number of nitriles is 3. The Labute approximate surface area is 68.2 Å². The van der Waals surface area contributed by atoms with Crippen molar-refractivity contribution in [2.75, 3.05) is 18.8 Å². The van der Waals surface area contributed by atoms with E-state index in [-0.39, 0.29) is 0 Å². The Bertz CT molecular complexity index is 232. The van der Waals surface area contributed by atoms with Crippen LogP contribution in [0.5, 0.6) is 0 Å². The van der Waals surface area contributed by atoms with Crippen molar-refractivity contribution in [2.45, 2.75) is 4.75 Å². The summed E-state index contributed by atoms with van der Waals surface area (Å²) in [6.45, 7) is 0. The van der Waals surface area contributed by atoms with Crippen LogP contribution < -0.4 is 0 Å². The minimum atomic E-state index is -1.46. The minimum Gasteiger partial charge on any atom is -0.206 e. The number of rotatable bonds is 1. The maximum absolute atomic E-state index is 8.64. The van der Waals surface area contributed by atoms with Gasteiger partial charge in [0.1, 0.15) is 18.2 Å². The predicted molar refractivity (Wildman–Crippen MR) is 44.9 cm³/mol. The van der Waals surface area contributed by atoms with Gasteiger partial charge in [0.25, 0.3) is 4.75 Å². The van der Waals surface area contributed by atoms with E-state index in [1.54, 1.807) is 37.0 Å². The van der Waals surface area contributed by atoms with Crippen LogP contribution in [-0.4, -0.2) is 23.5 Å². The molecule has 0 rings (SSSR count). The van der Waals surface area contributed by atoms with Crippen LogP contribution >= 0.6 is 10.0 Å². The maximum Gasteiger partial charge on any atom is 0.258 e. The highest BCUT2D eigenvalue weighted by Crippen LogP contribution is 2.48. The van der Waals surface area contributed by atoms with Crippen LogP contribution in [0.2, 0.25) is 0 Å². The topological polar surface area (TPSA) is 71.4 Å². The van der Waals surface area contributed by atoms with Crippen LogP contribution in [0.25, 0.3) is 0 Å². The summed E-state index contributed by atoms with van der Waals surface area (Å²) in [5, 5.41) is 25.9. The van der Waals surface area contributed by atoms with Crippen LogP contribution in [0.15, 0.2) is 0 Å². The molecular weight excluding hydrogens is 158 g/mol. The second kappa shape index (κ2) is 2.82. The van der Waals surface area contributed by atoms with Gasteiger partial charge in [-0.2, -0.15) is 15.8 Å². The first-order valence-electron chi connectivity index (χ1n) is 2.85. The van der Waals surface area contributed by atoms with Gasteiger partial charge in [-0.25, -0.2) is 10.0 Å². The average molecular weight is 167 g/mol. The molecule has 0 unspecified atom stereocenters. The summed E-state index contributed by atoms with van der Waals surface area (Å²) in [6, 6.07) is 5.31. The fourth-order valence-electron chi connectivity index (χ4n) is 0.486. The molecule has 58 valence electrons. The van der Waals surface area contributed by atoms with Gasteiger partial charge < -0.3 is 0 Å². The first kappa shape index (κ1) is 9.82. The van der Waals surface area contributed by atoms with E-state index in [0.717, 1.165) is 0 Å². The van der Waals surface area contributed by atoms with Gasteiger partial charge >= 0.3 is 0 Å². The highest BCUT2D eigenvalue weighted by atomic mass is 32.3. The van der Waals surface area contributed by atoms with Gasteiger partial charge in [0.15, 0.2) is 0 Å². The lowest BCUT2D eigenvalue weighted by Crippen LogP contribution is -2.28. The number of hydrogen-bond donors (Lipinski definition) is 0. The highest BCUT2D eigenvalue weighted by Gasteiger charge is 2.39. The molecule has 0 spiro atoms. The van der Waals surface area contributed by atoms with Gasteiger partial charge in [-0.3, -0.25) is 0 Å². The molecular formula is C7H9N3S. The second-order valence-electron chi connectivity index (χ2n) is 2.85. The molecule has 0 fully saturated rings. The molecule has 0 bridgehead atoms.